The molecule has 1 saturated heterocycles. The average Bonchev–Trinajstić information content (AvgIpc) is 2.65. The van der Waals surface area contributed by atoms with Gasteiger partial charge in [0.25, 0.3) is 0 Å². The van der Waals surface area contributed by atoms with Crippen molar-refractivity contribution in [3.05, 3.63) is 18.0 Å². The highest BCUT2D eigenvalue weighted by molar-refractivity contribution is 5.92. The van der Waals surface area contributed by atoms with Crippen molar-refractivity contribution in [3.8, 4) is 17.6 Å². The summed E-state index contributed by atoms with van der Waals surface area (Å²) in [7, 11) is 5.33. The number of hydrogen-bond donors (Lipinski definition) is 1. The molecule has 1 fully saturated rings. The summed E-state index contributed by atoms with van der Waals surface area (Å²) in [5.74, 6) is 2.61. The van der Waals surface area contributed by atoms with Crippen molar-refractivity contribution in [2.45, 2.75) is 12.8 Å². The number of nitrogens with one attached hydrogen (secondary N) is 1. The summed E-state index contributed by atoms with van der Waals surface area (Å²) in [5, 5.41) is 13.5. The second-order valence-corrected chi connectivity index (χ2v) is 6.36. The molecule has 1 aromatic heterocycles. The molecule has 3 rings (SSSR count). The Kier molecular flexibility index (Phi) is 5.19. The van der Waals surface area contributed by atoms with Gasteiger partial charge in [0.15, 0.2) is 11.5 Å². The van der Waals surface area contributed by atoms with E-state index in [1.54, 1.807) is 20.3 Å². The molecule has 0 amide bonds. The van der Waals surface area contributed by atoms with E-state index in [9.17, 15) is 5.26 Å². The van der Waals surface area contributed by atoms with Gasteiger partial charge in [-0.3, -0.25) is 0 Å². The zero-order chi connectivity index (χ0) is 17.8. The van der Waals surface area contributed by atoms with E-state index in [2.05, 4.69) is 27.2 Å². The van der Waals surface area contributed by atoms with Crippen molar-refractivity contribution >= 4 is 16.7 Å². The molecule has 132 valence electrons. The predicted molar refractivity (Wildman–Crippen MR) is 96.1 cm³/mol. The van der Waals surface area contributed by atoms with Gasteiger partial charge in [0.05, 0.1) is 19.7 Å². The molecule has 7 nitrogen and oxygen atoms in total. The summed E-state index contributed by atoms with van der Waals surface area (Å²) >= 11 is 0. The Hall–Kier alpha value is -2.59. The Labute approximate surface area is 147 Å². The van der Waals surface area contributed by atoms with E-state index in [1.165, 1.54) is 0 Å². The second-order valence-electron chi connectivity index (χ2n) is 6.36. The third-order valence-corrected chi connectivity index (χ3v) is 4.70. The van der Waals surface area contributed by atoms with E-state index >= 15 is 0 Å². The number of aromatic nitrogens is 2. The first-order valence-electron chi connectivity index (χ1n) is 8.41. The summed E-state index contributed by atoms with van der Waals surface area (Å²) in [6, 6.07) is 5.66. The fraction of sp³-hybridized carbons (Fsp3) is 0.500. The Bertz CT molecular complexity index is 794. The molecule has 7 heteroatoms. The number of rotatable bonds is 5. The summed E-state index contributed by atoms with van der Waals surface area (Å²) in [6.45, 7) is 3.07. The van der Waals surface area contributed by atoms with E-state index < -0.39 is 0 Å². The largest absolute Gasteiger partial charge is 0.493 e. The fourth-order valence-electron chi connectivity index (χ4n) is 3.15. The van der Waals surface area contributed by atoms with Gasteiger partial charge < -0.3 is 19.7 Å². The number of likely N-dealkylation sites (tertiary alicyclic amines) is 1. The molecule has 2 heterocycles. The number of fused-ring (bicyclic) bond motifs is 1. The van der Waals surface area contributed by atoms with Crippen molar-refractivity contribution in [2.24, 2.45) is 5.92 Å². The first-order chi connectivity index (χ1) is 12.1. The minimum Gasteiger partial charge on any atom is -0.493 e. The molecular formula is C18H23N5O2. The van der Waals surface area contributed by atoms with Gasteiger partial charge in [-0.1, -0.05) is 0 Å². The maximum Gasteiger partial charge on any atom is 0.234 e. The molecule has 1 aromatic carbocycles. The van der Waals surface area contributed by atoms with E-state index in [-0.39, 0.29) is 5.82 Å². The van der Waals surface area contributed by atoms with Gasteiger partial charge in [-0.05, 0) is 45.0 Å². The van der Waals surface area contributed by atoms with Crippen LogP contribution in [0.5, 0.6) is 11.5 Å². The minimum atomic E-state index is 0.144. The molecule has 2 aromatic rings. The normalized spacial score (nSPS) is 15.8. The maximum atomic E-state index is 9.23. The maximum absolute atomic E-state index is 9.23. The first kappa shape index (κ1) is 17.2. The summed E-state index contributed by atoms with van der Waals surface area (Å²) in [6.07, 6.45) is 2.32. The monoisotopic (exact) mass is 341 g/mol. The van der Waals surface area contributed by atoms with Crippen molar-refractivity contribution in [1.82, 2.24) is 14.9 Å². The number of hydrogen-bond acceptors (Lipinski definition) is 7. The van der Waals surface area contributed by atoms with Gasteiger partial charge in [-0.2, -0.15) is 5.26 Å². The van der Waals surface area contributed by atoms with Gasteiger partial charge in [0, 0.05) is 18.0 Å². The Morgan fingerprint density at radius 2 is 1.88 bits per heavy atom. The molecule has 0 bridgehead atoms. The van der Waals surface area contributed by atoms with Gasteiger partial charge in [0.1, 0.15) is 11.9 Å². The van der Waals surface area contributed by atoms with E-state index in [4.69, 9.17) is 9.47 Å². The zero-order valence-electron chi connectivity index (χ0n) is 14.9. The SMILES string of the molecule is COc1cc2nc(C#N)nc(NCC3CCN(C)CC3)c2cc1OC. The van der Waals surface area contributed by atoms with Crippen LogP contribution in [0.4, 0.5) is 5.82 Å². The topological polar surface area (TPSA) is 83.3 Å². The van der Waals surface area contributed by atoms with Crippen molar-refractivity contribution in [3.63, 3.8) is 0 Å². The van der Waals surface area contributed by atoms with Crippen molar-refractivity contribution in [1.29, 1.82) is 5.26 Å². The van der Waals surface area contributed by atoms with Crippen LogP contribution in [-0.4, -0.2) is 55.8 Å². The lowest BCUT2D eigenvalue weighted by Gasteiger charge is -2.29. The van der Waals surface area contributed by atoms with Crippen LogP contribution in [0.1, 0.15) is 18.7 Å². The lowest BCUT2D eigenvalue weighted by molar-refractivity contribution is 0.226. The highest BCUT2D eigenvalue weighted by Crippen LogP contribution is 2.34. The standard InChI is InChI=1S/C18H23N5O2/c1-23-6-4-12(5-7-23)11-20-18-13-8-15(24-2)16(25-3)9-14(13)21-17(10-19)22-18/h8-9,12H,4-7,11H2,1-3H3,(H,20,21,22). The molecule has 0 radical (unpaired) electrons. The molecule has 25 heavy (non-hydrogen) atoms. The highest BCUT2D eigenvalue weighted by atomic mass is 16.5. The van der Waals surface area contributed by atoms with Crippen LogP contribution in [-0.2, 0) is 0 Å². The van der Waals surface area contributed by atoms with Crippen LogP contribution in [0.2, 0.25) is 0 Å². The van der Waals surface area contributed by atoms with E-state index in [1.807, 2.05) is 12.1 Å². The summed E-state index contributed by atoms with van der Waals surface area (Å²) in [4.78, 5) is 11.0. The fourth-order valence-corrected chi connectivity index (χ4v) is 3.15. The number of methoxy groups -OCH3 is 2. The number of nitriles is 1. The van der Waals surface area contributed by atoms with Crippen molar-refractivity contribution < 1.29 is 9.47 Å². The van der Waals surface area contributed by atoms with Crippen LogP contribution in [0.15, 0.2) is 12.1 Å². The predicted octanol–water partition coefficient (Wildman–Crippen LogP) is 2.27. The van der Waals surface area contributed by atoms with Crippen molar-refractivity contribution in [2.75, 3.05) is 46.2 Å². The lowest BCUT2D eigenvalue weighted by atomic mass is 9.97. The number of ether oxygens (including phenoxy) is 2. The van der Waals surface area contributed by atoms with Crippen LogP contribution in [0.3, 0.4) is 0 Å². The molecule has 1 N–H and O–H groups in total. The van der Waals surface area contributed by atoms with Gasteiger partial charge in [-0.25, -0.2) is 9.97 Å². The highest BCUT2D eigenvalue weighted by Gasteiger charge is 2.18. The van der Waals surface area contributed by atoms with Crippen LogP contribution >= 0.6 is 0 Å². The summed E-state index contributed by atoms with van der Waals surface area (Å²) < 4.78 is 10.7. The number of piperidine rings is 1. The van der Waals surface area contributed by atoms with Crippen LogP contribution < -0.4 is 14.8 Å². The Balaban J connectivity index is 1.91. The van der Waals surface area contributed by atoms with Gasteiger partial charge >= 0.3 is 0 Å². The molecule has 0 atom stereocenters. The third kappa shape index (κ3) is 3.74. The van der Waals surface area contributed by atoms with Crippen LogP contribution in [0.25, 0.3) is 10.9 Å². The molecular weight excluding hydrogens is 318 g/mol. The number of anilines is 1. The van der Waals surface area contributed by atoms with E-state index in [0.29, 0.717) is 28.8 Å². The first-order valence-corrected chi connectivity index (χ1v) is 8.41. The molecule has 1 aliphatic heterocycles. The molecule has 0 unspecified atom stereocenters. The third-order valence-electron chi connectivity index (χ3n) is 4.70. The minimum absolute atomic E-state index is 0.144. The smallest absolute Gasteiger partial charge is 0.234 e. The van der Waals surface area contributed by atoms with Crippen LogP contribution in [0, 0.1) is 17.2 Å². The second kappa shape index (κ2) is 7.53. The number of benzene rings is 1. The quantitative estimate of drug-likeness (QED) is 0.893. The molecule has 0 saturated carbocycles. The lowest BCUT2D eigenvalue weighted by Crippen LogP contribution is -2.33. The summed E-state index contributed by atoms with van der Waals surface area (Å²) in [5.41, 5.74) is 0.662. The Morgan fingerprint density at radius 3 is 2.52 bits per heavy atom. The molecule has 0 aliphatic carbocycles. The molecule has 0 spiro atoms. The number of nitrogens with zero attached hydrogens (tertiary/aromatic N) is 4. The van der Waals surface area contributed by atoms with E-state index in [0.717, 1.165) is 37.9 Å². The zero-order valence-corrected chi connectivity index (χ0v) is 14.9. The Morgan fingerprint density at radius 1 is 1.20 bits per heavy atom. The van der Waals surface area contributed by atoms with Gasteiger partial charge in [0.2, 0.25) is 5.82 Å². The molecule has 1 aliphatic rings. The average molecular weight is 341 g/mol. The van der Waals surface area contributed by atoms with Gasteiger partial charge in [-0.15, -0.1) is 0 Å².